The van der Waals surface area contributed by atoms with Crippen LogP contribution in [0.15, 0.2) is 30.3 Å². The summed E-state index contributed by atoms with van der Waals surface area (Å²) >= 11 is 0. The first-order chi connectivity index (χ1) is 9.52. The highest BCUT2D eigenvalue weighted by Crippen LogP contribution is 2.17. The van der Waals surface area contributed by atoms with Crippen molar-refractivity contribution in [1.82, 2.24) is 5.32 Å². The smallest absolute Gasteiger partial charge is 0.229 e. The minimum atomic E-state index is -3.02. The molecule has 2 atom stereocenters. The molecule has 1 aromatic rings. The van der Waals surface area contributed by atoms with Gasteiger partial charge in [0.1, 0.15) is 0 Å². The number of sulfone groups is 1. The molecule has 5 nitrogen and oxygen atoms in total. The lowest BCUT2D eigenvalue weighted by atomic mass is 9.98. The predicted octanol–water partition coefficient (Wildman–Crippen LogP) is 0.422. The molecule has 0 spiro atoms. The number of benzene rings is 1. The van der Waals surface area contributed by atoms with Crippen molar-refractivity contribution < 1.29 is 13.2 Å². The minimum Gasteiger partial charge on any atom is -0.352 e. The van der Waals surface area contributed by atoms with Crippen molar-refractivity contribution in [3.8, 4) is 0 Å². The number of hydrogen-bond acceptors (Lipinski definition) is 4. The normalized spacial score (nSPS) is 22.9. The second-order valence-corrected chi connectivity index (χ2v) is 7.39. The van der Waals surface area contributed by atoms with Gasteiger partial charge in [0.2, 0.25) is 5.91 Å². The summed E-state index contributed by atoms with van der Waals surface area (Å²) in [6, 6.07) is 9.01. The maximum Gasteiger partial charge on any atom is 0.229 e. The van der Waals surface area contributed by atoms with Gasteiger partial charge in [-0.15, -0.1) is 0 Å². The van der Waals surface area contributed by atoms with E-state index < -0.39 is 15.8 Å². The first-order valence-corrected chi connectivity index (χ1v) is 8.60. The summed E-state index contributed by atoms with van der Waals surface area (Å²) in [5, 5.41) is 2.83. The lowest BCUT2D eigenvalue weighted by Gasteiger charge is -2.25. The average Bonchev–Trinajstić information content (AvgIpc) is 2.39. The molecule has 0 saturated carbocycles. The number of hydrogen-bond donors (Lipinski definition) is 2. The molecule has 0 aliphatic carbocycles. The molecular weight excluding hydrogens is 276 g/mol. The predicted molar refractivity (Wildman–Crippen MR) is 78.1 cm³/mol. The average molecular weight is 296 g/mol. The second kappa shape index (κ2) is 6.37. The third kappa shape index (κ3) is 3.80. The molecule has 0 bridgehead atoms. The number of carbonyl (C=O) groups excluding carboxylic acids is 1. The van der Waals surface area contributed by atoms with Gasteiger partial charge in [-0.2, -0.15) is 0 Å². The zero-order valence-electron chi connectivity index (χ0n) is 11.3. The van der Waals surface area contributed by atoms with Crippen molar-refractivity contribution in [2.45, 2.75) is 24.8 Å². The molecule has 1 saturated heterocycles. The second-order valence-electron chi connectivity index (χ2n) is 5.16. The van der Waals surface area contributed by atoms with E-state index in [-0.39, 0.29) is 30.0 Å². The summed E-state index contributed by atoms with van der Waals surface area (Å²) in [6.07, 6.45) is 1.31. The van der Waals surface area contributed by atoms with Crippen molar-refractivity contribution in [3.05, 3.63) is 35.9 Å². The summed E-state index contributed by atoms with van der Waals surface area (Å²) in [5.41, 5.74) is 6.54. The molecular formula is C14H20N2O3S. The SMILES string of the molecule is NCC(C(=O)NC1CCCS(=O)(=O)C1)c1ccccc1. The lowest BCUT2D eigenvalue weighted by Crippen LogP contribution is -2.46. The highest BCUT2D eigenvalue weighted by Gasteiger charge is 2.28. The molecule has 1 aromatic carbocycles. The standard InChI is InChI=1S/C14H20N2O3S/c15-9-13(11-5-2-1-3-6-11)14(17)16-12-7-4-8-20(18,19)10-12/h1-3,5-6,12-13H,4,7-10,15H2,(H,16,17). The van der Waals surface area contributed by atoms with Crippen molar-refractivity contribution >= 4 is 15.7 Å². The van der Waals surface area contributed by atoms with Crippen LogP contribution in [0.25, 0.3) is 0 Å². The highest BCUT2D eigenvalue weighted by atomic mass is 32.2. The van der Waals surface area contributed by atoms with E-state index in [2.05, 4.69) is 5.32 Å². The number of rotatable bonds is 4. The molecule has 1 aliphatic heterocycles. The molecule has 1 heterocycles. The van der Waals surface area contributed by atoms with Gasteiger partial charge < -0.3 is 11.1 Å². The number of amides is 1. The summed E-state index contributed by atoms with van der Waals surface area (Å²) in [4.78, 5) is 12.3. The van der Waals surface area contributed by atoms with Gasteiger partial charge in [0, 0.05) is 12.6 Å². The van der Waals surface area contributed by atoms with Crippen LogP contribution >= 0.6 is 0 Å². The molecule has 1 amide bonds. The van der Waals surface area contributed by atoms with E-state index in [1.165, 1.54) is 0 Å². The quantitative estimate of drug-likeness (QED) is 0.843. The van der Waals surface area contributed by atoms with Gasteiger partial charge >= 0.3 is 0 Å². The maximum absolute atomic E-state index is 12.3. The van der Waals surface area contributed by atoms with Gasteiger partial charge in [0.15, 0.2) is 9.84 Å². The fourth-order valence-electron chi connectivity index (χ4n) is 2.52. The number of nitrogens with one attached hydrogen (secondary N) is 1. The van der Waals surface area contributed by atoms with Gasteiger partial charge in [-0.1, -0.05) is 30.3 Å². The van der Waals surface area contributed by atoms with Crippen LogP contribution in [0.1, 0.15) is 24.3 Å². The first-order valence-electron chi connectivity index (χ1n) is 6.77. The van der Waals surface area contributed by atoms with Crippen LogP contribution in [0.3, 0.4) is 0 Å². The topological polar surface area (TPSA) is 89.3 Å². The highest BCUT2D eigenvalue weighted by molar-refractivity contribution is 7.91. The van der Waals surface area contributed by atoms with Crippen LogP contribution in [-0.4, -0.2) is 38.4 Å². The van der Waals surface area contributed by atoms with Crippen molar-refractivity contribution in [1.29, 1.82) is 0 Å². The van der Waals surface area contributed by atoms with E-state index >= 15 is 0 Å². The van der Waals surface area contributed by atoms with E-state index in [0.29, 0.717) is 12.8 Å². The fourth-order valence-corrected chi connectivity index (χ4v) is 4.15. The van der Waals surface area contributed by atoms with E-state index in [0.717, 1.165) is 5.56 Å². The summed E-state index contributed by atoms with van der Waals surface area (Å²) in [5.74, 6) is -0.370. The molecule has 0 aromatic heterocycles. The van der Waals surface area contributed by atoms with E-state index in [4.69, 9.17) is 5.73 Å². The largest absolute Gasteiger partial charge is 0.352 e. The van der Waals surface area contributed by atoms with Crippen LogP contribution < -0.4 is 11.1 Å². The Balaban J connectivity index is 2.03. The van der Waals surface area contributed by atoms with Crippen LogP contribution in [0.4, 0.5) is 0 Å². The molecule has 2 unspecified atom stereocenters. The Kier molecular flexibility index (Phi) is 4.77. The van der Waals surface area contributed by atoms with E-state index in [9.17, 15) is 13.2 Å². The van der Waals surface area contributed by atoms with E-state index in [1.807, 2.05) is 30.3 Å². The lowest BCUT2D eigenvalue weighted by molar-refractivity contribution is -0.123. The Morgan fingerprint density at radius 1 is 1.35 bits per heavy atom. The summed E-state index contributed by atoms with van der Waals surface area (Å²) in [6.45, 7) is 0.204. The first kappa shape index (κ1) is 15.0. The monoisotopic (exact) mass is 296 g/mol. The van der Waals surface area contributed by atoms with Gasteiger partial charge in [-0.3, -0.25) is 4.79 Å². The zero-order valence-corrected chi connectivity index (χ0v) is 12.1. The van der Waals surface area contributed by atoms with E-state index in [1.54, 1.807) is 0 Å². The molecule has 6 heteroatoms. The van der Waals surface area contributed by atoms with Gasteiger partial charge in [-0.25, -0.2) is 8.42 Å². The van der Waals surface area contributed by atoms with Crippen LogP contribution in [-0.2, 0) is 14.6 Å². The van der Waals surface area contributed by atoms with Crippen molar-refractivity contribution in [2.24, 2.45) is 5.73 Å². The summed E-state index contributed by atoms with van der Waals surface area (Å²) < 4.78 is 23.2. The fraction of sp³-hybridized carbons (Fsp3) is 0.500. The van der Waals surface area contributed by atoms with Gasteiger partial charge in [-0.05, 0) is 18.4 Å². The molecule has 1 aliphatic rings. The van der Waals surface area contributed by atoms with Crippen molar-refractivity contribution in [3.63, 3.8) is 0 Å². The molecule has 110 valence electrons. The van der Waals surface area contributed by atoms with Gasteiger partial charge in [0.05, 0.1) is 17.4 Å². The molecule has 2 rings (SSSR count). The van der Waals surface area contributed by atoms with Crippen LogP contribution in [0, 0.1) is 0 Å². The van der Waals surface area contributed by atoms with Crippen LogP contribution in [0.5, 0.6) is 0 Å². The summed E-state index contributed by atoms with van der Waals surface area (Å²) in [7, 11) is -3.02. The molecule has 3 N–H and O–H groups in total. The van der Waals surface area contributed by atoms with Crippen molar-refractivity contribution in [2.75, 3.05) is 18.1 Å². The Morgan fingerprint density at radius 3 is 2.65 bits per heavy atom. The maximum atomic E-state index is 12.3. The Morgan fingerprint density at radius 2 is 2.05 bits per heavy atom. The molecule has 0 radical (unpaired) electrons. The Hall–Kier alpha value is -1.40. The third-order valence-electron chi connectivity index (χ3n) is 3.56. The van der Waals surface area contributed by atoms with Gasteiger partial charge in [0.25, 0.3) is 0 Å². The zero-order chi connectivity index (χ0) is 14.6. The van der Waals surface area contributed by atoms with Crippen LogP contribution in [0.2, 0.25) is 0 Å². The molecule has 1 fully saturated rings. The Bertz CT molecular complexity index is 557. The molecule has 20 heavy (non-hydrogen) atoms. The Labute approximate surface area is 119 Å². The minimum absolute atomic E-state index is 0.0326. The third-order valence-corrected chi connectivity index (χ3v) is 5.38. The number of carbonyl (C=O) groups is 1. The number of nitrogens with two attached hydrogens (primary N) is 1.